The molecule has 0 aliphatic rings. The van der Waals surface area contributed by atoms with E-state index in [0.717, 1.165) is 0 Å². The van der Waals surface area contributed by atoms with Crippen molar-refractivity contribution in [2.75, 3.05) is 11.9 Å². The smallest absolute Gasteiger partial charge is 0.239 e. The zero-order valence-electron chi connectivity index (χ0n) is 5.48. The second kappa shape index (κ2) is 5.00. The van der Waals surface area contributed by atoms with E-state index < -0.39 is 0 Å². The minimum atomic E-state index is -0.253. The number of halogens is 1. The van der Waals surface area contributed by atoms with Crippen LogP contribution in [0.2, 0.25) is 0 Å². The fraction of sp³-hybridized carbons (Fsp3) is 0.250. The first-order valence-electron chi connectivity index (χ1n) is 2.59. The van der Waals surface area contributed by atoms with Crippen molar-refractivity contribution < 1.29 is 4.79 Å². The van der Waals surface area contributed by atoms with Crippen LogP contribution in [0.5, 0.6) is 0 Å². The van der Waals surface area contributed by atoms with E-state index in [0.29, 0.717) is 5.13 Å². The number of anilines is 1. The number of rotatable bonds is 2. The number of carbonyl (C=O) groups is 1. The highest BCUT2D eigenvalue weighted by atomic mass is 35.5. The molecule has 0 saturated heterocycles. The quantitative estimate of drug-likeness (QED) is 0.687. The molecule has 1 aromatic heterocycles. The molecular formula is C4H7ClN4OS. The van der Waals surface area contributed by atoms with Crippen molar-refractivity contribution in [2.24, 2.45) is 5.73 Å². The predicted octanol–water partition coefficient (Wildman–Crippen LogP) is -0.143. The first-order valence-corrected chi connectivity index (χ1v) is 3.47. The molecule has 1 rings (SSSR count). The van der Waals surface area contributed by atoms with Gasteiger partial charge in [0.15, 0.2) is 0 Å². The van der Waals surface area contributed by atoms with Gasteiger partial charge in [0, 0.05) is 0 Å². The Bertz CT molecular complexity index is 214. The van der Waals surface area contributed by atoms with Gasteiger partial charge in [-0.3, -0.25) is 10.1 Å². The van der Waals surface area contributed by atoms with Crippen molar-refractivity contribution in [2.45, 2.75) is 0 Å². The minimum Gasteiger partial charge on any atom is -0.322 e. The van der Waals surface area contributed by atoms with Gasteiger partial charge in [-0.05, 0) is 0 Å². The van der Waals surface area contributed by atoms with Gasteiger partial charge in [0.25, 0.3) is 0 Å². The molecule has 0 saturated carbocycles. The molecule has 1 heterocycles. The van der Waals surface area contributed by atoms with Gasteiger partial charge < -0.3 is 5.73 Å². The van der Waals surface area contributed by atoms with E-state index in [2.05, 4.69) is 15.5 Å². The van der Waals surface area contributed by atoms with Crippen LogP contribution in [0.15, 0.2) is 5.51 Å². The molecule has 7 heteroatoms. The first kappa shape index (κ1) is 10.3. The van der Waals surface area contributed by atoms with Crippen molar-refractivity contribution in [3.05, 3.63) is 5.51 Å². The minimum absolute atomic E-state index is 0. The summed E-state index contributed by atoms with van der Waals surface area (Å²) < 4.78 is 0. The normalized spacial score (nSPS) is 8.45. The van der Waals surface area contributed by atoms with Crippen molar-refractivity contribution in [3.8, 4) is 0 Å². The molecule has 3 N–H and O–H groups in total. The van der Waals surface area contributed by atoms with Crippen LogP contribution in [0, 0.1) is 0 Å². The summed E-state index contributed by atoms with van der Waals surface area (Å²) in [6, 6.07) is 0. The van der Waals surface area contributed by atoms with Crippen LogP contribution < -0.4 is 11.1 Å². The molecule has 0 aromatic carbocycles. The molecule has 62 valence electrons. The van der Waals surface area contributed by atoms with Crippen LogP contribution in [0.3, 0.4) is 0 Å². The summed E-state index contributed by atoms with van der Waals surface area (Å²) in [5.41, 5.74) is 6.57. The third kappa shape index (κ3) is 3.26. The van der Waals surface area contributed by atoms with Crippen LogP contribution >= 0.6 is 23.7 Å². The molecule has 0 fully saturated rings. The Morgan fingerprint density at radius 2 is 2.55 bits per heavy atom. The molecule has 1 amide bonds. The molecule has 0 aliphatic carbocycles. The molecule has 0 atom stereocenters. The number of nitrogens with one attached hydrogen (secondary N) is 1. The van der Waals surface area contributed by atoms with Gasteiger partial charge >= 0.3 is 0 Å². The number of nitrogens with two attached hydrogens (primary N) is 1. The summed E-state index contributed by atoms with van der Waals surface area (Å²) >= 11 is 1.26. The lowest BCUT2D eigenvalue weighted by molar-refractivity contribution is -0.114. The average molecular weight is 195 g/mol. The van der Waals surface area contributed by atoms with Crippen LogP contribution in [0.1, 0.15) is 0 Å². The second-order valence-electron chi connectivity index (χ2n) is 1.50. The highest BCUT2D eigenvalue weighted by Gasteiger charge is 1.99. The van der Waals surface area contributed by atoms with Gasteiger partial charge in [-0.25, -0.2) is 0 Å². The number of hydrogen-bond donors (Lipinski definition) is 2. The SMILES string of the molecule is Cl.NCC(=O)Nc1nncs1. The Morgan fingerprint density at radius 1 is 1.82 bits per heavy atom. The Morgan fingerprint density at radius 3 is 3.00 bits per heavy atom. The number of aromatic nitrogens is 2. The fourth-order valence-corrected chi connectivity index (χ4v) is 0.859. The van der Waals surface area contributed by atoms with E-state index in [-0.39, 0.29) is 24.9 Å². The van der Waals surface area contributed by atoms with Gasteiger partial charge in [-0.2, -0.15) is 0 Å². The van der Waals surface area contributed by atoms with Gasteiger partial charge in [0.1, 0.15) is 5.51 Å². The van der Waals surface area contributed by atoms with E-state index >= 15 is 0 Å². The summed E-state index contributed by atoms with van der Waals surface area (Å²) in [5.74, 6) is -0.253. The average Bonchev–Trinajstić information content (AvgIpc) is 2.40. The Hall–Kier alpha value is -0.720. The fourth-order valence-electron chi connectivity index (χ4n) is 0.398. The van der Waals surface area contributed by atoms with E-state index in [1.54, 1.807) is 0 Å². The largest absolute Gasteiger partial charge is 0.322 e. The molecule has 0 radical (unpaired) electrons. The van der Waals surface area contributed by atoms with Gasteiger partial charge in [0.2, 0.25) is 11.0 Å². The lowest BCUT2D eigenvalue weighted by Gasteiger charge is -1.93. The van der Waals surface area contributed by atoms with E-state index in [9.17, 15) is 4.79 Å². The number of carbonyl (C=O) groups excluding carboxylic acids is 1. The zero-order chi connectivity index (χ0) is 7.40. The second-order valence-corrected chi connectivity index (χ2v) is 2.33. The summed E-state index contributed by atoms with van der Waals surface area (Å²) in [6.07, 6.45) is 0. The van der Waals surface area contributed by atoms with Gasteiger partial charge in [-0.1, -0.05) is 11.3 Å². The maximum absolute atomic E-state index is 10.6. The number of amides is 1. The Balaban J connectivity index is 0.000001000. The lowest BCUT2D eigenvalue weighted by atomic mass is 10.6. The molecule has 0 aliphatic heterocycles. The molecule has 11 heavy (non-hydrogen) atoms. The van der Waals surface area contributed by atoms with Crippen molar-refractivity contribution in [3.63, 3.8) is 0 Å². The zero-order valence-corrected chi connectivity index (χ0v) is 7.11. The van der Waals surface area contributed by atoms with E-state index in [1.807, 2.05) is 0 Å². The van der Waals surface area contributed by atoms with E-state index in [4.69, 9.17) is 5.73 Å². The van der Waals surface area contributed by atoms with Gasteiger partial charge in [-0.15, -0.1) is 22.6 Å². The Kier molecular flexibility index (Phi) is 4.67. The predicted molar refractivity (Wildman–Crippen MR) is 44.8 cm³/mol. The maximum atomic E-state index is 10.6. The molecule has 0 bridgehead atoms. The van der Waals surface area contributed by atoms with Crippen molar-refractivity contribution >= 4 is 34.8 Å². The van der Waals surface area contributed by atoms with Crippen molar-refractivity contribution in [1.82, 2.24) is 10.2 Å². The third-order valence-electron chi connectivity index (χ3n) is 0.792. The van der Waals surface area contributed by atoms with Gasteiger partial charge in [0.05, 0.1) is 6.54 Å². The van der Waals surface area contributed by atoms with Crippen LogP contribution in [0.4, 0.5) is 5.13 Å². The monoisotopic (exact) mass is 194 g/mol. The molecular weight excluding hydrogens is 188 g/mol. The molecule has 0 unspecified atom stereocenters. The van der Waals surface area contributed by atoms with Crippen molar-refractivity contribution in [1.29, 1.82) is 0 Å². The highest BCUT2D eigenvalue weighted by Crippen LogP contribution is 2.06. The Labute approximate surface area is 73.4 Å². The standard InChI is InChI=1S/C4H6N4OS.ClH/c5-1-3(9)7-4-8-6-2-10-4;/h2H,1,5H2,(H,7,8,9);1H. The van der Waals surface area contributed by atoms with Crippen LogP contribution in [-0.4, -0.2) is 22.6 Å². The third-order valence-corrected chi connectivity index (χ3v) is 1.40. The summed E-state index contributed by atoms with van der Waals surface area (Å²) in [5, 5.41) is 10.0. The van der Waals surface area contributed by atoms with Crippen LogP contribution in [-0.2, 0) is 4.79 Å². The molecule has 5 nitrogen and oxygen atoms in total. The molecule has 1 aromatic rings. The number of hydrogen-bond acceptors (Lipinski definition) is 5. The summed E-state index contributed by atoms with van der Waals surface area (Å²) in [4.78, 5) is 10.6. The topological polar surface area (TPSA) is 80.9 Å². The lowest BCUT2D eigenvalue weighted by Crippen LogP contribution is -2.21. The van der Waals surface area contributed by atoms with Crippen LogP contribution in [0.25, 0.3) is 0 Å². The molecule has 0 spiro atoms. The summed E-state index contributed by atoms with van der Waals surface area (Å²) in [7, 11) is 0. The highest BCUT2D eigenvalue weighted by molar-refractivity contribution is 7.13. The summed E-state index contributed by atoms with van der Waals surface area (Å²) in [6.45, 7) is -0.0282. The number of nitrogens with zero attached hydrogens (tertiary/aromatic N) is 2. The first-order chi connectivity index (χ1) is 4.83. The van der Waals surface area contributed by atoms with E-state index in [1.165, 1.54) is 16.8 Å². The maximum Gasteiger partial charge on any atom is 0.239 e.